The first kappa shape index (κ1) is 26.8. The summed E-state index contributed by atoms with van der Waals surface area (Å²) < 4.78 is 38.6. The Balaban J connectivity index is 2.24. The number of carboxylic acids is 1. The van der Waals surface area contributed by atoms with Crippen LogP contribution in [0.25, 0.3) is 0 Å². The fraction of sp³-hybridized carbons (Fsp3) is 0.320. The highest BCUT2D eigenvalue weighted by Crippen LogP contribution is 2.65. The highest BCUT2D eigenvalue weighted by molar-refractivity contribution is 7.93. The summed E-state index contributed by atoms with van der Waals surface area (Å²) >= 11 is 0. The van der Waals surface area contributed by atoms with E-state index in [0.29, 0.717) is 4.31 Å². The lowest BCUT2D eigenvalue weighted by Crippen LogP contribution is -2.61. The summed E-state index contributed by atoms with van der Waals surface area (Å²) in [7, 11) is -2.80. The smallest absolute Gasteiger partial charge is 0.338 e. The van der Waals surface area contributed by atoms with Crippen LogP contribution in [0.4, 0.5) is 5.69 Å². The Labute approximate surface area is 217 Å². The number of methoxy groups -OCH3 is 2. The minimum atomic E-state index is -4.75. The number of hydrogen-bond donors (Lipinski definition) is 1. The van der Waals surface area contributed by atoms with E-state index in [4.69, 9.17) is 9.47 Å². The SMILES string of the molecule is C=C[C@H]1C[C@](C(=O)O)(C(=O)OC)[C@@H]2N(S(=O)(=O)c3ccc(C)cc3)c3cccc(C(=O)OC)c3[C@]12[N+](=O)[O-]. The molecule has 0 unspecified atom stereocenters. The van der Waals surface area contributed by atoms with Crippen LogP contribution in [-0.2, 0) is 34.6 Å². The molecule has 13 heteroatoms. The summed E-state index contributed by atoms with van der Waals surface area (Å²) in [4.78, 5) is 51.0. The lowest BCUT2D eigenvalue weighted by molar-refractivity contribution is -0.585. The Kier molecular flexibility index (Phi) is 6.30. The molecule has 0 amide bonds. The Hall–Kier alpha value is -4.26. The second-order valence-corrected chi connectivity index (χ2v) is 10.9. The molecule has 2 aromatic carbocycles. The molecule has 1 fully saturated rings. The molecule has 0 bridgehead atoms. The van der Waals surface area contributed by atoms with Gasteiger partial charge in [0.15, 0.2) is 5.41 Å². The molecular weight excluding hydrogens is 520 g/mol. The van der Waals surface area contributed by atoms with Gasteiger partial charge in [-0.15, -0.1) is 6.58 Å². The van der Waals surface area contributed by atoms with Crippen LogP contribution in [0.5, 0.6) is 0 Å². The zero-order valence-electron chi connectivity index (χ0n) is 20.6. The molecule has 38 heavy (non-hydrogen) atoms. The number of aliphatic carboxylic acids is 1. The second kappa shape index (κ2) is 8.94. The quantitative estimate of drug-likeness (QED) is 0.179. The number of carbonyl (C=O) groups is 3. The molecule has 2 aromatic rings. The number of ether oxygens (including phenoxy) is 2. The summed E-state index contributed by atoms with van der Waals surface area (Å²) in [6.45, 7) is 5.35. The van der Waals surface area contributed by atoms with Gasteiger partial charge in [-0.05, 0) is 37.6 Å². The maximum absolute atomic E-state index is 14.2. The lowest BCUT2D eigenvalue weighted by Gasteiger charge is -2.35. The van der Waals surface area contributed by atoms with E-state index in [1.165, 1.54) is 42.5 Å². The van der Waals surface area contributed by atoms with Crippen LogP contribution in [0.15, 0.2) is 60.0 Å². The summed E-state index contributed by atoms with van der Waals surface area (Å²) in [5, 5.41) is 23.6. The van der Waals surface area contributed by atoms with Crippen LogP contribution in [0, 0.1) is 28.4 Å². The van der Waals surface area contributed by atoms with Crippen molar-refractivity contribution in [1.82, 2.24) is 0 Å². The van der Waals surface area contributed by atoms with Crippen molar-refractivity contribution in [2.24, 2.45) is 11.3 Å². The van der Waals surface area contributed by atoms with Crippen molar-refractivity contribution in [2.45, 2.75) is 29.8 Å². The second-order valence-electron chi connectivity index (χ2n) is 9.10. The highest BCUT2D eigenvalue weighted by atomic mass is 32.2. The molecule has 200 valence electrons. The summed E-state index contributed by atoms with van der Waals surface area (Å²) in [5.41, 5.74) is -5.66. The zero-order valence-corrected chi connectivity index (χ0v) is 21.4. The Morgan fingerprint density at radius 1 is 1.16 bits per heavy atom. The molecule has 1 saturated carbocycles. The van der Waals surface area contributed by atoms with E-state index in [2.05, 4.69) is 6.58 Å². The van der Waals surface area contributed by atoms with Crippen molar-refractivity contribution < 1.29 is 42.3 Å². The van der Waals surface area contributed by atoms with Crippen molar-refractivity contribution in [3.05, 3.63) is 81.9 Å². The molecule has 0 saturated heterocycles. The van der Waals surface area contributed by atoms with Gasteiger partial charge in [0.1, 0.15) is 6.04 Å². The highest BCUT2D eigenvalue weighted by Gasteiger charge is 2.83. The van der Waals surface area contributed by atoms with Gasteiger partial charge in [0.25, 0.3) is 15.6 Å². The number of esters is 2. The molecule has 0 radical (unpaired) electrons. The molecule has 0 aromatic heterocycles. The number of sulfonamides is 1. The van der Waals surface area contributed by atoms with Gasteiger partial charge >= 0.3 is 17.9 Å². The Bertz CT molecular complexity index is 1490. The minimum absolute atomic E-state index is 0.303. The number of aryl methyl sites for hydroxylation is 1. The van der Waals surface area contributed by atoms with E-state index >= 15 is 0 Å². The molecule has 1 aliphatic carbocycles. The number of hydrogen-bond acceptors (Lipinski definition) is 9. The van der Waals surface area contributed by atoms with E-state index < -0.39 is 62.2 Å². The summed E-state index contributed by atoms with van der Waals surface area (Å²) in [6, 6.07) is 7.10. The van der Waals surface area contributed by atoms with Crippen LogP contribution in [0.1, 0.15) is 27.9 Å². The normalized spacial score (nSPS) is 25.7. The Morgan fingerprint density at radius 2 is 1.79 bits per heavy atom. The first-order chi connectivity index (χ1) is 17.9. The minimum Gasteiger partial charge on any atom is -0.480 e. The topological polar surface area (TPSA) is 170 Å². The van der Waals surface area contributed by atoms with Crippen molar-refractivity contribution >= 4 is 33.6 Å². The maximum atomic E-state index is 14.2. The van der Waals surface area contributed by atoms with Crippen LogP contribution >= 0.6 is 0 Å². The van der Waals surface area contributed by atoms with Crippen molar-refractivity contribution in [3.63, 3.8) is 0 Å². The van der Waals surface area contributed by atoms with Crippen LogP contribution in [-0.4, -0.2) is 56.6 Å². The largest absolute Gasteiger partial charge is 0.480 e. The Morgan fingerprint density at radius 3 is 2.29 bits per heavy atom. The number of rotatable bonds is 7. The number of carboxylic acid groups (broad SMARTS) is 1. The van der Waals surface area contributed by atoms with Crippen molar-refractivity contribution in [3.8, 4) is 0 Å². The number of nitro groups is 1. The third kappa shape index (κ3) is 3.20. The predicted octanol–water partition coefficient (Wildman–Crippen LogP) is 2.28. The zero-order chi connectivity index (χ0) is 28.2. The molecule has 2 aliphatic rings. The number of fused-ring (bicyclic) bond motifs is 3. The third-order valence-electron chi connectivity index (χ3n) is 7.41. The standard InChI is InChI=1S/C25H24N2O10S/c1-5-15-13-24(22(29)30,23(31)37-4)21-25(15,27(32)33)19-17(20(28)36-3)7-6-8-18(19)26(21)38(34,35)16-11-9-14(2)10-12-16/h5-12,15,21H,1,13H2,2-4H3,(H,29,30)/t15-,21-,24-,25+/m0/s1. The van der Waals surface area contributed by atoms with Gasteiger partial charge in [-0.25, -0.2) is 13.2 Å². The summed E-state index contributed by atoms with van der Waals surface area (Å²) in [6.07, 6.45) is 0.391. The number of anilines is 1. The number of benzene rings is 2. The molecule has 4 atom stereocenters. The van der Waals surface area contributed by atoms with E-state index in [1.807, 2.05) is 0 Å². The van der Waals surface area contributed by atoms with Crippen molar-refractivity contribution in [2.75, 3.05) is 18.5 Å². The lowest BCUT2D eigenvalue weighted by atomic mass is 9.75. The first-order valence-corrected chi connectivity index (χ1v) is 12.7. The van der Waals surface area contributed by atoms with Gasteiger partial charge < -0.3 is 14.6 Å². The monoisotopic (exact) mass is 544 g/mol. The van der Waals surface area contributed by atoms with E-state index in [0.717, 1.165) is 25.9 Å². The molecule has 1 heterocycles. The van der Waals surface area contributed by atoms with Crippen LogP contribution in [0.3, 0.4) is 0 Å². The molecular formula is C25H24N2O10S. The van der Waals surface area contributed by atoms with Gasteiger partial charge in [0.2, 0.25) is 0 Å². The fourth-order valence-electron chi connectivity index (χ4n) is 5.81. The first-order valence-electron chi connectivity index (χ1n) is 11.3. The van der Waals surface area contributed by atoms with E-state index in [-0.39, 0.29) is 21.7 Å². The van der Waals surface area contributed by atoms with Gasteiger partial charge in [0.05, 0.1) is 41.8 Å². The maximum Gasteiger partial charge on any atom is 0.338 e. The molecule has 4 rings (SSSR count). The van der Waals surface area contributed by atoms with Gasteiger partial charge in [-0.1, -0.05) is 29.8 Å². The van der Waals surface area contributed by atoms with E-state index in [9.17, 15) is 38.0 Å². The molecule has 1 aliphatic heterocycles. The predicted molar refractivity (Wildman–Crippen MR) is 131 cm³/mol. The van der Waals surface area contributed by atoms with Gasteiger partial charge in [-0.3, -0.25) is 24.0 Å². The van der Waals surface area contributed by atoms with Gasteiger partial charge in [0, 0.05) is 4.92 Å². The molecule has 0 spiro atoms. The summed E-state index contributed by atoms with van der Waals surface area (Å²) in [5.74, 6) is -5.60. The number of nitrogens with zero attached hydrogens (tertiary/aromatic N) is 2. The third-order valence-corrected chi connectivity index (χ3v) is 9.20. The average molecular weight is 545 g/mol. The average Bonchev–Trinajstić information content (AvgIpc) is 3.38. The van der Waals surface area contributed by atoms with Crippen LogP contribution in [0.2, 0.25) is 0 Å². The van der Waals surface area contributed by atoms with E-state index in [1.54, 1.807) is 6.92 Å². The fourth-order valence-corrected chi connectivity index (χ4v) is 7.54. The van der Waals surface area contributed by atoms with Crippen molar-refractivity contribution in [1.29, 1.82) is 0 Å². The number of carbonyl (C=O) groups excluding carboxylic acids is 2. The van der Waals surface area contributed by atoms with Crippen LogP contribution < -0.4 is 4.31 Å². The van der Waals surface area contributed by atoms with Gasteiger partial charge in [-0.2, -0.15) is 0 Å². The molecule has 12 nitrogen and oxygen atoms in total. The molecule has 1 N–H and O–H groups in total.